The fourth-order valence-corrected chi connectivity index (χ4v) is 0.971. The number of terminal acetylenes is 1. The molecule has 0 aliphatic heterocycles. The molecule has 0 saturated carbocycles. The van der Waals surface area contributed by atoms with E-state index in [1.807, 2.05) is 0 Å². The number of amides is 1. The predicted molar refractivity (Wildman–Crippen MR) is 54.6 cm³/mol. The average Bonchev–Trinajstić information content (AvgIpc) is 2.75. The Bertz CT molecular complexity index is 340. The molecule has 80 valence electrons. The summed E-state index contributed by atoms with van der Waals surface area (Å²) in [4.78, 5) is 11.3. The standard InChI is InChI=1S/C10H13N3O2/c1-3-5-11-10(14)8(2)12-7-9-4-6-13-15-9/h1,4,6,8,12H,5,7H2,2H3,(H,11,14). The van der Waals surface area contributed by atoms with E-state index in [1.165, 1.54) is 0 Å². The lowest BCUT2D eigenvalue weighted by molar-refractivity contribution is -0.122. The normalized spacial score (nSPS) is 11.7. The second-order valence-corrected chi connectivity index (χ2v) is 3.00. The highest BCUT2D eigenvalue weighted by Gasteiger charge is 2.11. The zero-order valence-corrected chi connectivity index (χ0v) is 8.49. The molecule has 15 heavy (non-hydrogen) atoms. The van der Waals surface area contributed by atoms with Crippen LogP contribution >= 0.6 is 0 Å². The highest BCUT2D eigenvalue weighted by Crippen LogP contribution is 1.96. The lowest BCUT2D eigenvalue weighted by Gasteiger charge is -2.11. The molecule has 0 radical (unpaired) electrons. The smallest absolute Gasteiger partial charge is 0.237 e. The van der Waals surface area contributed by atoms with Crippen molar-refractivity contribution in [1.29, 1.82) is 0 Å². The van der Waals surface area contributed by atoms with E-state index in [2.05, 4.69) is 21.7 Å². The number of nitrogens with zero attached hydrogens (tertiary/aromatic N) is 1. The Morgan fingerprint density at radius 3 is 3.20 bits per heavy atom. The fraction of sp³-hybridized carbons (Fsp3) is 0.400. The summed E-state index contributed by atoms with van der Waals surface area (Å²) in [7, 11) is 0. The minimum atomic E-state index is -0.316. The van der Waals surface area contributed by atoms with Crippen LogP contribution < -0.4 is 10.6 Å². The fourth-order valence-electron chi connectivity index (χ4n) is 0.971. The molecule has 5 nitrogen and oxygen atoms in total. The summed E-state index contributed by atoms with van der Waals surface area (Å²) in [6.45, 7) is 2.46. The van der Waals surface area contributed by atoms with E-state index in [1.54, 1.807) is 19.2 Å². The summed E-state index contributed by atoms with van der Waals surface area (Å²) in [5, 5.41) is 9.11. The second-order valence-electron chi connectivity index (χ2n) is 3.00. The lowest BCUT2D eigenvalue weighted by atomic mass is 10.3. The van der Waals surface area contributed by atoms with Gasteiger partial charge in [-0.05, 0) is 6.92 Å². The van der Waals surface area contributed by atoms with E-state index in [0.29, 0.717) is 12.3 Å². The van der Waals surface area contributed by atoms with Crippen molar-refractivity contribution < 1.29 is 9.32 Å². The van der Waals surface area contributed by atoms with Gasteiger partial charge in [0.05, 0.1) is 25.3 Å². The van der Waals surface area contributed by atoms with E-state index in [-0.39, 0.29) is 18.5 Å². The van der Waals surface area contributed by atoms with Crippen LogP contribution in [0.15, 0.2) is 16.8 Å². The molecule has 1 unspecified atom stereocenters. The van der Waals surface area contributed by atoms with Gasteiger partial charge in [0, 0.05) is 6.07 Å². The lowest BCUT2D eigenvalue weighted by Crippen LogP contribution is -2.41. The quantitative estimate of drug-likeness (QED) is 0.662. The van der Waals surface area contributed by atoms with Gasteiger partial charge in [-0.1, -0.05) is 11.1 Å². The Hall–Kier alpha value is -1.80. The van der Waals surface area contributed by atoms with Crippen LogP contribution in [0.2, 0.25) is 0 Å². The van der Waals surface area contributed by atoms with Crippen LogP contribution in [0, 0.1) is 12.3 Å². The Morgan fingerprint density at radius 2 is 2.60 bits per heavy atom. The maximum atomic E-state index is 11.3. The number of nitrogens with one attached hydrogen (secondary N) is 2. The molecule has 1 amide bonds. The van der Waals surface area contributed by atoms with Gasteiger partial charge in [-0.15, -0.1) is 6.42 Å². The molecule has 5 heteroatoms. The van der Waals surface area contributed by atoms with Crippen molar-refractivity contribution in [2.45, 2.75) is 19.5 Å². The highest BCUT2D eigenvalue weighted by molar-refractivity contribution is 5.81. The molecular formula is C10H13N3O2. The van der Waals surface area contributed by atoms with E-state index < -0.39 is 0 Å². The molecule has 1 rings (SSSR count). The Kier molecular flexibility index (Phi) is 4.38. The van der Waals surface area contributed by atoms with Gasteiger partial charge in [-0.2, -0.15) is 0 Å². The highest BCUT2D eigenvalue weighted by atomic mass is 16.5. The first-order chi connectivity index (χ1) is 7.24. The van der Waals surface area contributed by atoms with Crippen molar-refractivity contribution in [2.75, 3.05) is 6.54 Å². The first-order valence-electron chi connectivity index (χ1n) is 4.58. The van der Waals surface area contributed by atoms with Crippen LogP contribution in [0.5, 0.6) is 0 Å². The number of aromatic nitrogens is 1. The van der Waals surface area contributed by atoms with Crippen molar-refractivity contribution in [2.24, 2.45) is 0 Å². The Morgan fingerprint density at radius 1 is 1.80 bits per heavy atom. The molecule has 0 spiro atoms. The molecule has 1 atom stereocenters. The first-order valence-corrected chi connectivity index (χ1v) is 4.58. The average molecular weight is 207 g/mol. The van der Waals surface area contributed by atoms with Crippen LogP contribution in [0.3, 0.4) is 0 Å². The van der Waals surface area contributed by atoms with Gasteiger partial charge in [-0.25, -0.2) is 0 Å². The van der Waals surface area contributed by atoms with Crippen molar-refractivity contribution in [3.63, 3.8) is 0 Å². The van der Waals surface area contributed by atoms with Crippen LogP contribution in [-0.2, 0) is 11.3 Å². The zero-order chi connectivity index (χ0) is 11.1. The monoisotopic (exact) mass is 207 g/mol. The molecule has 0 aliphatic carbocycles. The maximum absolute atomic E-state index is 11.3. The minimum Gasteiger partial charge on any atom is -0.360 e. The van der Waals surface area contributed by atoms with Gasteiger partial charge in [0.25, 0.3) is 0 Å². The van der Waals surface area contributed by atoms with E-state index in [4.69, 9.17) is 10.9 Å². The van der Waals surface area contributed by atoms with Gasteiger partial charge in [0.2, 0.25) is 5.91 Å². The zero-order valence-electron chi connectivity index (χ0n) is 8.49. The van der Waals surface area contributed by atoms with Crippen LogP contribution in [0.4, 0.5) is 0 Å². The Balaban J connectivity index is 2.27. The molecule has 0 saturated heterocycles. The maximum Gasteiger partial charge on any atom is 0.237 e. The third-order valence-electron chi connectivity index (χ3n) is 1.83. The molecule has 1 aromatic rings. The van der Waals surface area contributed by atoms with Gasteiger partial charge in [0.1, 0.15) is 5.76 Å². The number of carbonyl (C=O) groups excluding carboxylic acids is 1. The van der Waals surface area contributed by atoms with Gasteiger partial charge in [-0.3, -0.25) is 10.1 Å². The Labute approximate surface area is 88.2 Å². The SMILES string of the molecule is C#CCNC(=O)C(C)NCc1ccno1. The number of carbonyl (C=O) groups is 1. The second kappa shape index (κ2) is 5.83. The van der Waals surface area contributed by atoms with Crippen LogP contribution in [0.25, 0.3) is 0 Å². The number of hydrogen-bond acceptors (Lipinski definition) is 4. The molecule has 0 aromatic carbocycles. The molecular weight excluding hydrogens is 194 g/mol. The molecule has 1 heterocycles. The molecule has 2 N–H and O–H groups in total. The molecule has 1 aromatic heterocycles. The van der Waals surface area contributed by atoms with Gasteiger partial charge in [0.15, 0.2) is 0 Å². The number of hydrogen-bond donors (Lipinski definition) is 2. The molecule has 0 aliphatic rings. The summed E-state index contributed by atoms with van der Waals surface area (Å²) in [5.74, 6) is 2.89. The summed E-state index contributed by atoms with van der Waals surface area (Å²) in [6, 6.07) is 1.42. The van der Waals surface area contributed by atoms with Crippen molar-refractivity contribution in [3.05, 3.63) is 18.0 Å². The summed E-state index contributed by atoms with van der Waals surface area (Å²) >= 11 is 0. The minimum absolute atomic E-state index is 0.132. The van der Waals surface area contributed by atoms with E-state index >= 15 is 0 Å². The van der Waals surface area contributed by atoms with Crippen LogP contribution in [-0.4, -0.2) is 23.7 Å². The molecule has 0 fully saturated rings. The number of rotatable bonds is 5. The summed E-state index contributed by atoms with van der Waals surface area (Å²) in [6.07, 6.45) is 6.58. The first kappa shape index (κ1) is 11.3. The van der Waals surface area contributed by atoms with Gasteiger partial charge >= 0.3 is 0 Å². The van der Waals surface area contributed by atoms with Crippen molar-refractivity contribution >= 4 is 5.91 Å². The van der Waals surface area contributed by atoms with Crippen LogP contribution in [0.1, 0.15) is 12.7 Å². The van der Waals surface area contributed by atoms with Gasteiger partial charge < -0.3 is 9.84 Å². The summed E-state index contributed by atoms with van der Waals surface area (Å²) < 4.78 is 4.87. The van der Waals surface area contributed by atoms with E-state index in [9.17, 15) is 4.79 Å². The third kappa shape index (κ3) is 3.83. The van der Waals surface area contributed by atoms with Crippen molar-refractivity contribution in [3.8, 4) is 12.3 Å². The third-order valence-corrected chi connectivity index (χ3v) is 1.83. The van der Waals surface area contributed by atoms with Crippen molar-refractivity contribution in [1.82, 2.24) is 15.8 Å². The van der Waals surface area contributed by atoms with E-state index in [0.717, 1.165) is 0 Å². The molecule has 0 bridgehead atoms. The largest absolute Gasteiger partial charge is 0.360 e. The topological polar surface area (TPSA) is 67.2 Å². The summed E-state index contributed by atoms with van der Waals surface area (Å²) in [5.41, 5.74) is 0. The predicted octanol–water partition coefficient (Wildman–Crippen LogP) is -0.0979.